The lowest BCUT2D eigenvalue weighted by molar-refractivity contribution is -0.139. The van der Waals surface area contributed by atoms with Crippen molar-refractivity contribution in [3.8, 4) is 0 Å². The van der Waals surface area contributed by atoms with E-state index in [0.29, 0.717) is 0 Å². The van der Waals surface area contributed by atoms with E-state index in [2.05, 4.69) is 36.5 Å². The highest BCUT2D eigenvalue weighted by atomic mass is 16.4. The van der Waals surface area contributed by atoms with Crippen molar-refractivity contribution in [3.63, 3.8) is 0 Å². The minimum Gasteiger partial charge on any atom is -0.480 e. The molecule has 94 valence electrons. The summed E-state index contributed by atoms with van der Waals surface area (Å²) in [5.41, 5.74) is 2.57. The predicted octanol–water partition coefficient (Wildman–Crippen LogP) is 2.38. The molecule has 17 heavy (non-hydrogen) atoms. The number of carbonyl (C=O) groups is 1. The molecule has 0 aliphatic rings. The summed E-state index contributed by atoms with van der Waals surface area (Å²) in [6, 6.07) is 8.15. The van der Waals surface area contributed by atoms with Crippen molar-refractivity contribution in [3.05, 3.63) is 35.4 Å². The van der Waals surface area contributed by atoms with E-state index in [1.54, 1.807) is 6.92 Å². The number of carboxylic acid groups (broad SMARTS) is 1. The van der Waals surface area contributed by atoms with E-state index < -0.39 is 12.0 Å². The highest BCUT2D eigenvalue weighted by Gasteiger charge is 2.13. The van der Waals surface area contributed by atoms with Crippen LogP contribution in [0.1, 0.15) is 31.4 Å². The predicted molar refractivity (Wildman–Crippen MR) is 69.2 cm³/mol. The molecular formula is C14H21NO2. The highest BCUT2D eigenvalue weighted by molar-refractivity contribution is 5.72. The molecule has 0 saturated heterocycles. The SMILES string of the molecule is Cc1cccc(CCC(C)N[C@@H](C)C(=O)O)c1. The zero-order valence-corrected chi connectivity index (χ0v) is 10.7. The molecule has 0 amide bonds. The Kier molecular flexibility index (Phi) is 5.16. The Labute approximate surface area is 103 Å². The number of benzene rings is 1. The molecule has 1 aromatic carbocycles. The van der Waals surface area contributed by atoms with Crippen LogP contribution in [0.5, 0.6) is 0 Å². The van der Waals surface area contributed by atoms with Crippen molar-refractivity contribution < 1.29 is 9.90 Å². The third-order valence-electron chi connectivity index (χ3n) is 2.85. The van der Waals surface area contributed by atoms with Crippen LogP contribution in [0.25, 0.3) is 0 Å². The van der Waals surface area contributed by atoms with Crippen molar-refractivity contribution in [2.45, 2.75) is 45.7 Å². The van der Waals surface area contributed by atoms with E-state index in [4.69, 9.17) is 5.11 Å². The van der Waals surface area contributed by atoms with E-state index in [9.17, 15) is 4.79 Å². The molecule has 1 rings (SSSR count). The normalized spacial score (nSPS) is 14.3. The first-order valence-electron chi connectivity index (χ1n) is 6.03. The molecule has 2 N–H and O–H groups in total. The molecule has 0 aromatic heterocycles. The lowest BCUT2D eigenvalue weighted by Gasteiger charge is -2.17. The summed E-state index contributed by atoms with van der Waals surface area (Å²) in [6.45, 7) is 5.78. The molecule has 0 radical (unpaired) electrons. The fraction of sp³-hybridized carbons (Fsp3) is 0.500. The number of carboxylic acids is 1. The summed E-state index contributed by atoms with van der Waals surface area (Å²) in [5.74, 6) is -0.799. The molecule has 0 fully saturated rings. The summed E-state index contributed by atoms with van der Waals surface area (Å²) >= 11 is 0. The molecule has 0 aliphatic heterocycles. The van der Waals surface area contributed by atoms with Gasteiger partial charge in [0.2, 0.25) is 0 Å². The van der Waals surface area contributed by atoms with Gasteiger partial charge in [-0.3, -0.25) is 4.79 Å². The van der Waals surface area contributed by atoms with Crippen LogP contribution in [-0.2, 0) is 11.2 Å². The van der Waals surface area contributed by atoms with Gasteiger partial charge in [-0.05, 0) is 39.2 Å². The van der Waals surface area contributed by atoms with Crippen molar-refractivity contribution in [2.75, 3.05) is 0 Å². The van der Waals surface area contributed by atoms with Crippen LogP contribution in [-0.4, -0.2) is 23.2 Å². The first-order chi connectivity index (χ1) is 7.99. The third-order valence-corrected chi connectivity index (χ3v) is 2.85. The van der Waals surface area contributed by atoms with Gasteiger partial charge in [-0.1, -0.05) is 29.8 Å². The van der Waals surface area contributed by atoms with E-state index in [1.165, 1.54) is 11.1 Å². The van der Waals surface area contributed by atoms with Crippen LogP contribution in [0, 0.1) is 6.92 Å². The van der Waals surface area contributed by atoms with Crippen LogP contribution in [0.3, 0.4) is 0 Å². The van der Waals surface area contributed by atoms with E-state index >= 15 is 0 Å². The van der Waals surface area contributed by atoms with Gasteiger partial charge in [-0.25, -0.2) is 0 Å². The van der Waals surface area contributed by atoms with Gasteiger partial charge in [-0.2, -0.15) is 0 Å². The van der Waals surface area contributed by atoms with E-state index in [1.807, 2.05) is 6.92 Å². The van der Waals surface area contributed by atoms with E-state index in [-0.39, 0.29) is 6.04 Å². The highest BCUT2D eigenvalue weighted by Crippen LogP contribution is 2.08. The van der Waals surface area contributed by atoms with Crippen LogP contribution < -0.4 is 5.32 Å². The van der Waals surface area contributed by atoms with Gasteiger partial charge in [0.15, 0.2) is 0 Å². The summed E-state index contributed by atoms with van der Waals surface area (Å²) < 4.78 is 0. The molecule has 0 spiro atoms. The Morgan fingerprint density at radius 3 is 2.71 bits per heavy atom. The molecule has 0 heterocycles. The quantitative estimate of drug-likeness (QED) is 0.796. The zero-order chi connectivity index (χ0) is 12.8. The third kappa shape index (κ3) is 5.00. The standard InChI is InChI=1S/C14H21NO2/c1-10-5-4-6-13(9-10)8-7-11(2)15-12(3)14(16)17/h4-6,9,11-12,15H,7-8H2,1-3H3,(H,16,17)/t11?,12-/m0/s1. The maximum Gasteiger partial charge on any atom is 0.320 e. The van der Waals surface area contributed by atoms with Gasteiger partial charge in [0.25, 0.3) is 0 Å². The second-order valence-corrected chi connectivity index (χ2v) is 4.66. The second-order valence-electron chi connectivity index (χ2n) is 4.66. The fourth-order valence-electron chi connectivity index (χ4n) is 1.83. The Morgan fingerprint density at radius 1 is 1.41 bits per heavy atom. The van der Waals surface area contributed by atoms with Crippen LogP contribution in [0.2, 0.25) is 0 Å². The summed E-state index contributed by atoms with van der Waals surface area (Å²) in [4.78, 5) is 10.7. The lowest BCUT2D eigenvalue weighted by atomic mass is 10.0. The summed E-state index contributed by atoms with van der Waals surface area (Å²) in [5, 5.41) is 11.9. The Morgan fingerprint density at radius 2 is 2.12 bits per heavy atom. The number of nitrogens with one attached hydrogen (secondary N) is 1. The fourth-order valence-corrected chi connectivity index (χ4v) is 1.83. The van der Waals surface area contributed by atoms with Crippen molar-refractivity contribution in [1.29, 1.82) is 0 Å². The number of aliphatic carboxylic acids is 1. The topological polar surface area (TPSA) is 49.3 Å². The van der Waals surface area contributed by atoms with Crippen LogP contribution in [0.4, 0.5) is 0 Å². The number of hydrogen-bond acceptors (Lipinski definition) is 2. The molecule has 1 aromatic rings. The van der Waals surface area contributed by atoms with Crippen LogP contribution in [0.15, 0.2) is 24.3 Å². The number of hydrogen-bond donors (Lipinski definition) is 2. The first-order valence-corrected chi connectivity index (χ1v) is 6.03. The largest absolute Gasteiger partial charge is 0.480 e. The Hall–Kier alpha value is -1.35. The maximum atomic E-state index is 10.7. The smallest absolute Gasteiger partial charge is 0.320 e. The number of rotatable bonds is 6. The van der Waals surface area contributed by atoms with Gasteiger partial charge in [0.1, 0.15) is 6.04 Å². The minimum absolute atomic E-state index is 0.210. The lowest BCUT2D eigenvalue weighted by Crippen LogP contribution is -2.40. The minimum atomic E-state index is -0.799. The average molecular weight is 235 g/mol. The van der Waals surface area contributed by atoms with E-state index in [0.717, 1.165) is 12.8 Å². The average Bonchev–Trinajstić information content (AvgIpc) is 2.26. The van der Waals surface area contributed by atoms with Gasteiger partial charge in [0, 0.05) is 6.04 Å². The van der Waals surface area contributed by atoms with Gasteiger partial charge in [-0.15, -0.1) is 0 Å². The van der Waals surface area contributed by atoms with Crippen molar-refractivity contribution in [2.24, 2.45) is 0 Å². The van der Waals surface area contributed by atoms with Gasteiger partial charge >= 0.3 is 5.97 Å². The molecule has 3 heteroatoms. The van der Waals surface area contributed by atoms with Gasteiger partial charge in [0.05, 0.1) is 0 Å². The Bertz CT molecular complexity index is 376. The molecular weight excluding hydrogens is 214 g/mol. The van der Waals surface area contributed by atoms with Crippen molar-refractivity contribution in [1.82, 2.24) is 5.32 Å². The van der Waals surface area contributed by atoms with Crippen LogP contribution >= 0.6 is 0 Å². The molecule has 0 aliphatic carbocycles. The molecule has 0 bridgehead atoms. The monoisotopic (exact) mass is 235 g/mol. The molecule has 2 atom stereocenters. The Balaban J connectivity index is 2.38. The molecule has 1 unspecified atom stereocenters. The van der Waals surface area contributed by atoms with Crippen molar-refractivity contribution >= 4 is 5.97 Å². The van der Waals surface area contributed by atoms with Gasteiger partial charge < -0.3 is 10.4 Å². The maximum absolute atomic E-state index is 10.7. The summed E-state index contributed by atoms with van der Waals surface area (Å²) in [6.07, 6.45) is 1.92. The first kappa shape index (κ1) is 13.7. The second kappa shape index (κ2) is 6.40. The number of aryl methyl sites for hydroxylation is 2. The zero-order valence-electron chi connectivity index (χ0n) is 10.7. The molecule has 0 saturated carbocycles. The summed E-state index contributed by atoms with van der Waals surface area (Å²) in [7, 11) is 0. The molecule has 3 nitrogen and oxygen atoms in total.